The molecule has 0 rings (SSSR count). The van der Waals surface area contributed by atoms with E-state index < -0.39 is 60.3 Å². The summed E-state index contributed by atoms with van der Waals surface area (Å²) in [5, 5.41) is 18.4. The van der Waals surface area contributed by atoms with E-state index in [0.717, 1.165) is 0 Å². The molecular formula is C17H31N5O6S. The largest absolute Gasteiger partial charge is 0.480 e. The van der Waals surface area contributed by atoms with Gasteiger partial charge in [-0.25, -0.2) is 4.79 Å². The van der Waals surface area contributed by atoms with Crippen LogP contribution in [0, 0.1) is 5.92 Å². The standard InChI is InChI=1S/C17H31N5O6S/c1-8(2)5-11(22-14(24)9(3)18)16(26)20-10(4)15(25)19-6-13(23)21-12(7-29)17(27)28/h8-12,29H,5-7,18H2,1-4H3,(H,19,25)(H,20,26)(H,21,23)(H,22,24)(H,27,28)/t9-,10-,11-,12-/m0/s1. The molecule has 0 aliphatic rings. The van der Waals surface area contributed by atoms with E-state index in [9.17, 15) is 24.0 Å². The van der Waals surface area contributed by atoms with Crippen molar-refractivity contribution in [3.63, 3.8) is 0 Å². The fraction of sp³-hybridized carbons (Fsp3) is 0.706. The van der Waals surface area contributed by atoms with Crippen LogP contribution in [0.1, 0.15) is 34.1 Å². The summed E-state index contributed by atoms with van der Waals surface area (Å²) in [5.74, 6) is -3.65. The third kappa shape index (κ3) is 10.7. The molecule has 11 nitrogen and oxygen atoms in total. The van der Waals surface area contributed by atoms with Crippen molar-refractivity contribution in [1.82, 2.24) is 21.3 Å². The van der Waals surface area contributed by atoms with Gasteiger partial charge in [0.05, 0.1) is 12.6 Å². The molecule has 0 saturated heterocycles. The molecule has 0 heterocycles. The number of aliphatic carboxylic acids is 1. The minimum Gasteiger partial charge on any atom is -0.480 e. The van der Waals surface area contributed by atoms with Gasteiger partial charge < -0.3 is 32.1 Å². The molecule has 29 heavy (non-hydrogen) atoms. The summed E-state index contributed by atoms with van der Waals surface area (Å²) in [6.45, 7) is 6.19. The average Bonchev–Trinajstić information content (AvgIpc) is 2.62. The Morgan fingerprint density at radius 2 is 1.48 bits per heavy atom. The van der Waals surface area contributed by atoms with Crippen molar-refractivity contribution in [3.05, 3.63) is 0 Å². The second kappa shape index (κ2) is 13.0. The average molecular weight is 434 g/mol. The summed E-state index contributed by atoms with van der Waals surface area (Å²) in [4.78, 5) is 58.9. The van der Waals surface area contributed by atoms with Crippen LogP contribution in [0.5, 0.6) is 0 Å². The fourth-order valence-corrected chi connectivity index (χ4v) is 2.38. The zero-order valence-electron chi connectivity index (χ0n) is 17.0. The second-order valence-corrected chi connectivity index (χ2v) is 7.43. The predicted molar refractivity (Wildman–Crippen MR) is 109 cm³/mol. The number of thiol groups is 1. The van der Waals surface area contributed by atoms with E-state index >= 15 is 0 Å². The Kier molecular flexibility index (Phi) is 11.9. The van der Waals surface area contributed by atoms with Gasteiger partial charge in [-0.05, 0) is 26.2 Å². The molecule has 0 unspecified atom stereocenters. The Morgan fingerprint density at radius 1 is 0.897 bits per heavy atom. The first-order chi connectivity index (χ1) is 13.4. The molecule has 12 heteroatoms. The molecule has 0 saturated carbocycles. The van der Waals surface area contributed by atoms with Crippen molar-refractivity contribution >= 4 is 42.2 Å². The minimum atomic E-state index is -1.25. The van der Waals surface area contributed by atoms with Crippen molar-refractivity contribution in [2.45, 2.75) is 58.3 Å². The highest BCUT2D eigenvalue weighted by Crippen LogP contribution is 2.06. The zero-order valence-corrected chi connectivity index (χ0v) is 17.9. The van der Waals surface area contributed by atoms with Crippen LogP contribution >= 0.6 is 12.6 Å². The number of carbonyl (C=O) groups excluding carboxylic acids is 4. The third-order valence-corrected chi connectivity index (χ3v) is 4.11. The van der Waals surface area contributed by atoms with Gasteiger partial charge in [-0.2, -0.15) is 12.6 Å². The molecule has 0 aromatic heterocycles. The van der Waals surface area contributed by atoms with Crippen LogP contribution in [0.3, 0.4) is 0 Å². The number of nitrogens with one attached hydrogen (secondary N) is 4. The van der Waals surface area contributed by atoms with E-state index in [0.29, 0.717) is 6.42 Å². The molecule has 0 bridgehead atoms. The monoisotopic (exact) mass is 433 g/mol. The van der Waals surface area contributed by atoms with Gasteiger partial charge in [-0.3, -0.25) is 19.2 Å². The normalized spacial score (nSPS) is 14.9. The number of carboxylic acids is 1. The van der Waals surface area contributed by atoms with E-state index in [-0.39, 0.29) is 11.7 Å². The molecule has 0 aromatic rings. The van der Waals surface area contributed by atoms with Crippen LogP contribution in [0.4, 0.5) is 0 Å². The summed E-state index contributed by atoms with van der Waals surface area (Å²) in [5.41, 5.74) is 5.51. The lowest BCUT2D eigenvalue weighted by Crippen LogP contribution is -2.55. The molecule has 0 aliphatic carbocycles. The first-order valence-corrected chi connectivity index (χ1v) is 9.79. The third-order valence-electron chi connectivity index (χ3n) is 3.74. The van der Waals surface area contributed by atoms with E-state index in [1.807, 2.05) is 13.8 Å². The molecule has 0 radical (unpaired) electrons. The Hall–Kier alpha value is -2.34. The lowest BCUT2D eigenvalue weighted by Gasteiger charge is -2.23. The molecule has 0 fully saturated rings. The van der Waals surface area contributed by atoms with Crippen molar-refractivity contribution < 1.29 is 29.1 Å². The first-order valence-electron chi connectivity index (χ1n) is 9.16. The van der Waals surface area contributed by atoms with Crippen molar-refractivity contribution in [3.8, 4) is 0 Å². The Morgan fingerprint density at radius 3 is 1.93 bits per heavy atom. The van der Waals surface area contributed by atoms with E-state index in [2.05, 4.69) is 33.9 Å². The lowest BCUT2D eigenvalue weighted by atomic mass is 10.0. The Balaban J connectivity index is 4.72. The summed E-state index contributed by atoms with van der Waals surface area (Å²) >= 11 is 3.82. The van der Waals surface area contributed by atoms with Crippen molar-refractivity contribution in [1.29, 1.82) is 0 Å². The molecule has 4 atom stereocenters. The van der Waals surface area contributed by atoms with Gasteiger partial charge in [0.25, 0.3) is 0 Å². The number of carboxylic acid groups (broad SMARTS) is 1. The number of rotatable bonds is 12. The van der Waals surface area contributed by atoms with E-state index in [4.69, 9.17) is 10.8 Å². The smallest absolute Gasteiger partial charge is 0.327 e. The lowest BCUT2D eigenvalue weighted by molar-refractivity contribution is -0.141. The second-order valence-electron chi connectivity index (χ2n) is 7.07. The number of nitrogens with two attached hydrogens (primary N) is 1. The maximum Gasteiger partial charge on any atom is 0.327 e. The molecule has 4 amide bonds. The highest BCUT2D eigenvalue weighted by Gasteiger charge is 2.26. The molecule has 166 valence electrons. The predicted octanol–water partition coefficient (Wildman–Crippen LogP) is -2.02. The van der Waals surface area contributed by atoms with Gasteiger partial charge in [0, 0.05) is 5.75 Å². The number of amides is 4. The highest BCUT2D eigenvalue weighted by atomic mass is 32.1. The molecular weight excluding hydrogens is 402 g/mol. The van der Waals surface area contributed by atoms with E-state index in [1.165, 1.54) is 13.8 Å². The molecule has 0 aliphatic heterocycles. The summed E-state index contributed by atoms with van der Waals surface area (Å²) in [7, 11) is 0. The highest BCUT2D eigenvalue weighted by molar-refractivity contribution is 7.80. The number of hydrogen-bond donors (Lipinski definition) is 7. The van der Waals surface area contributed by atoms with E-state index in [1.54, 1.807) is 0 Å². The van der Waals surface area contributed by atoms with Gasteiger partial charge in [0.2, 0.25) is 23.6 Å². The summed E-state index contributed by atoms with van der Waals surface area (Å²) < 4.78 is 0. The first kappa shape index (κ1) is 26.7. The van der Waals surface area contributed by atoms with Crippen LogP contribution in [0.25, 0.3) is 0 Å². The SMILES string of the molecule is CC(C)C[C@H](NC(=O)[C@H](C)N)C(=O)N[C@@H](C)C(=O)NCC(=O)N[C@@H](CS)C(=O)O. The maximum atomic E-state index is 12.4. The summed E-state index contributed by atoms with van der Waals surface area (Å²) in [6.07, 6.45) is 0.349. The zero-order chi connectivity index (χ0) is 22.7. The van der Waals surface area contributed by atoms with Crippen LogP contribution in [0.15, 0.2) is 0 Å². The van der Waals surface area contributed by atoms with Gasteiger partial charge >= 0.3 is 5.97 Å². The van der Waals surface area contributed by atoms with Crippen LogP contribution in [-0.4, -0.2) is 71.2 Å². The van der Waals surface area contributed by atoms with Gasteiger partial charge in [0.1, 0.15) is 18.1 Å². The summed E-state index contributed by atoms with van der Waals surface area (Å²) in [6, 6.07) is -3.81. The molecule has 0 spiro atoms. The van der Waals surface area contributed by atoms with Gasteiger partial charge in [0.15, 0.2) is 0 Å². The van der Waals surface area contributed by atoms with Gasteiger partial charge in [-0.15, -0.1) is 0 Å². The Bertz CT molecular complexity index is 613. The Labute approximate surface area is 175 Å². The fourth-order valence-electron chi connectivity index (χ4n) is 2.14. The minimum absolute atomic E-state index is 0.0981. The number of carbonyl (C=O) groups is 5. The number of hydrogen-bond acceptors (Lipinski definition) is 7. The van der Waals surface area contributed by atoms with Crippen molar-refractivity contribution in [2.24, 2.45) is 11.7 Å². The topological polar surface area (TPSA) is 180 Å². The molecule has 0 aromatic carbocycles. The van der Waals surface area contributed by atoms with Crippen LogP contribution in [-0.2, 0) is 24.0 Å². The molecule has 7 N–H and O–H groups in total. The van der Waals surface area contributed by atoms with Crippen LogP contribution < -0.4 is 27.0 Å². The van der Waals surface area contributed by atoms with Crippen LogP contribution in [0.2, 0.25) is 0 Å². The quantitative estimate of drug-likeness (QED) is 0.174. The van der Waals surface area contributed by atoms with Gasteiger partial charge in [-0.1, -0.05) is 13.8 Å². The van der Waals surface area contributed by atoms with Crippen molar-refractivity contribution in [2.75, 3.05) is 12.3 Å². The maximum absolute atomic E-state index is 12.4.